The molecule has 1 aliphatic rings. The summed E-state index contributed by atoms with van der Waals surface area (Å²) >= 11 is 0. The number of fused-ring (bicyclic) bond motifs is 3. The fourth-order valence-electron chi connectivity index (χ4n) is 5.15. The van der Waals surface area contributed by atoms with Gasteiger partial charge in [0, 0.05) is 17.2 Å². The Labute approximate surface area is 230 Å². The third-order valence-corrected chi connectivity index (χ3v) is 7.34. The molecule has 0 spiro atoms. The van der Waals surface area contributed by atoms with Crippen LogP contribution in [0.15, 0.2) is 48.5 Å². The Balaban J connectivity index is 2.01. The molecule has 2 atom stereocenters. The molecule has 7 nitrogen and oxygen atoms in total. The fourth-order valence-corrected chi connectivity index (χ4v) is 5.15. The Bertz CT molecular complexity index is 1360. The van der Waals surface area contributed by atoms with Crippen molar-refractivity contribution in [2.24, 2.45) is 11.8 Å². The number of benzene rings is 3. The Morgan fingerprint density at radius 1 is 0.692 bits per heavy atom. The van der Waals surface area contributed by atoms with E-state index in [0.717, 1.165) is 35.1 Å². The highest BCUT2D eigenvalue weighted by Crippen LogP contribution is 2.55. The summed E-state index contributed by atoms with van der Waals surface area (Å²) in [6.45, 7) is 4.46. The molecule has 0 saturated heterocycles. The number of esters is 1. The molecule has 0 bridgehead atoms. The maximum Gasteiger partial charge on any atom is 0.336 e. The third-order valence-electron chi connectivity index (χ3n) is 7.34. The molecule has 7 heteroatoms. The number of ether oxygens (including phenoxy) is 6. The lowest BCUT2D eigenvalue weighted by Crippen LogP contribution is -2.19. The highest BCUT2D eigenvalue weighted by molar-refractivity contribution is 5.94. The summed E-state index contributed by atoms with van der Waals surface area (Å²) in [7, 11) is 7.87. The number of carbonyl (C=O) groups excluding carboxylic acids is 1. The molecule has 3 aromatic carbocycles. The van der Waals surface area contributed by atoms with Gasteiger partial charge < -0.3 is 28.4 Å². The lowest BCUT2D eigenvalue weighted by atomic mass is 9.77. The first-order valence-electron chi connectivity index (χ1n) is 12.9. The van der Waals surface area contributed by atoms with Gasteiger partial charge in [0.15, 0.2) is 23.0 Å². The summed E-state index contributed by atoms with van der Waals surface area (Å²) in [6.07, 6.45) is 4.62. The SMILES string of the molecule is COc1cc2c(c(OC)c1OC)-c1c(cc(OC)c(OC)c1OC(=O)C=Cc1ccccc1)C[C@H](C)[C@H](C)C2. The van der Waals surface area contributed by atoms with Gasteiger partial charge in [-0.2, -0.15) is 0 Å². The van der Waals surface area contributed by atoms with Crippen LogP contribution < -0.4 is 28.4 Å². The van der Waals surface area contributed by atoms with Crippen molar-refractivity contribution >= 4 is 12.0 Å². The molecule has 0 aliphatic heterocycles. The number of hydrogen-bond donors (Lipinski definition) is 0. The molecule has 206 valence electrons. The third kappa shape index (κ3) is 5.53. The molecule has 0 unspecified atom stereocenters. The van der Waals surface area contributed by atoms with E-state index < -0.39 is 5.97 Å². The first kappa shape index (κ1) is 27.9. The van der Waals surface area contributed by atoms with E-state index in [1.807, 2.05) is 42.5 Å². The lowest BCUT2D eigenvalue weighted by Gasteiger charge is -2.30. The molecule has 0 heterocycles. The van der Waals surface area contributed by atoms with E-state index in [1.165, 1.54) is 13.2 Å². The van der Waals surface area contributed by atoms with E-state index in [0.29, 0.717) is 46.1 Å². The highest BCUT2D eigenvalue weighted by Gasteiger charge is 2.33. The van der Waals surface area contributed by atoms with Gasteiger partial charge in [-0.3, -0.25) is 0 Å². The molecule has 0 fully saturated rings. The first-order chi connectivity index (χ1) is 18.9. The van der Waals surface area contributed by atoms with Crippen LogP contribution in [0.3, 0.4) is 0 Å². The normalized spacial score (nSPS) is 16.4. The van der Waals surface area contributed by atoms with Crippen LogP contribution in [0.2, 0.25) is 0 Å². The molecular weight excluding hydrogens is 496 g/mol. The minimum atomic E-state index is -0.544. The molecule has 1 aliphatic carbocycles. The predicted molar refractivity (Wildman–Crippen MR) is 151 cm³/mol. The summed E-state index contributed by atoms with van der Waals surface area (Å²) in [5, 5.41) is 0. The second kappa shape index (κ2) is 12.2. The number of methoxy groups -OCH3 is 5. The van der Waals surface area contributed by atoms with Crippen LogP contribution in [0, 0.1) is 11.8 Å². The van der Waals surface area contributed by atoms with Crippen molar-refractivity contribution in [2.75, 3.05) is 35.5 Å². The van der Waals surface area contributed by atoms with Crippen molar-refractivity contribution in [3.63, 3.8) is 0 Å². The minimum Gasteiger partial charge on any atom is -0.493 e. The number of hydrogen-bond acceptors (Lipinski definition) is 7. The fraction of sp³-hybridized carbons (Fsp3) is 0.344. The highest BCUT2D eigenvalue weighted by atomic mass is 16.6. The van der Waals surface area contributed by atoms with Crippen LogP contribution in [0.1, 0.15) is 30.5 Å². The lowest BCUT2D eigenvalue weighted by molar-refractivity contribution is -0.129. The van der Waals surface area contributed by atoms with Crippen molar-refractivity contribution in [3.8, 4) is 45.6 Å². The first-order valence-corrected chi connectivity index (χ1v) is 12.9. The van der Waals surface area contributed by atoms with Crippen LogP contribution in [0.5, 0.6) is 34.5 Å². The van der Waals surface area contributed by atoms with Gasteiger partial charge in [0.1, 0.15) is 0 Å². The number of rotatable bonds is 8. The van der Waals surface area contributed by atoms with Crippen molar-refractivity contribution < 1.29 is 33.2 Å². The maximum absolute atomic E-state index is 13.2. The standard InChI is InChI=1S/C32H36O7/c1-19-15-22-17-24(34-3)29(36-5)31(38-7)27(22)28-23(16-20(19)2)18-25(35-4)30(37-6)32(28)39-26(33)14-13-21-11-9-8-10-12-21/h8-14,17-20H,15-16H2,1-7H3/t19-,20+/m1/s1. The average Bonchev–Trinajstić information content (AvgIpc) is 2.95. The second-order valence-electron chi connectivity index (χ2n) is 9.68. The van der Waals surface area contributed by atoms with Gasteiger partial charge in [0.05, 0.1) is 35.5 Å². The summed E-state index contributed by atoms with van der Waals surface area (Å²) in [6, 6.07) is 13.5. The molecule has 0 radical (unpaired) electrons. The van der Waals surface area contributed by atoms with E-state index in [2.05, 4.69) is 13.8 Å². The molecule has 0 N–H and O–H groups in total. The smallest absolute Gasteiger partial charge is 0.336 e. The van der Waals surface area contributed by atoms with Gasteiger partial charge >= 0.3 is 5.97 Å². The van der Waals surface area contributed by atoms with E-state index in [1.54, 1.807) is 34.5 Å². The predicted octanol–water partition coefficient (Wildman–Crippen LogP) is 6.39. The largest absolute Gasteiger partial charge is 0.493 e. The molecule has 0 amide bonds. The number of carbonyl (C=O) groups is 1. The van der Waals surface area contributed by atoms with Gasteiger partial charge in [0.25, 0.3) is 0 Å². The van der Waals surface area contributed by atoms with Gasteiger partial charge in [-0.1, -0.05) is 44.2 Å². The van der Waals surface area contributed by atoms with Crippen molar-refractivity contribution in [1.82, 2.24) is 0 Å². The van der Waals surface area contributed by atoms with Crippen LogP contribution in [0.4, 0.5) is 0 Å². The Morgan fingerprint density at radius 3 is 1.67 bits per heavy atom. The Kier molecular flexibility index (Phi) is 8.69. The Hall–Kier alpha value is -4.13. The van der Waals surface area contributed by atoms with E-state index in [4.69, 9.17) is 28.4 Å². The molecular formula is C32H36O7. The van der Waals surface area contributed by atoms with Gasteiger partial charge in [-0.15, -0.1) is 0 Å². The molecule has 0 saturated carbocycles. The molecule has 0 aromatic heterocycles. The molecule has 39 heavy (non-hydrogen) atoms. The quantitative estimate of drug-likeness (QED) is 0.189. The zero-order valence-electron chi connectivity index (χ0n) is 23.6. The second-order valence-corrected chi connectivity index (χ2v) is 9.68. The van der Waals surface area contributed by atoms with Crippen molar-refractivity contribution in [2.45, 2.75) is 26.7 Å². The van der Waals surface area contributed by atoms with Gasteiger partial charge in [0.2, 0.25) is 11.5 Å². The van der Waals surface area contributed by atoms with Crippen molar-refractivity contribution in [3.05, 3.63) is 65.2 Å². The zero-order chi connectivity index (χ0) is 28.1. The Morgan fingerprint density at radius 2 is 1.18 bits per heavy atom. The van der Waals surface area contributed by atoms with Crippen molar-refractivity contribution in [1.29, 1.82) is 0 Å². The minimum absolute atomic E-state index is 0.267. The summed E-state index contributed by atoms with van der Waals surface area (Å²) < 4.78 is 34.9. The molecule has 3 aromatic rings. The van der Waals surface area contributed by atoms with Gasteiger partial charge in [-0.25, -0.2) is 4.79 Å². The summed E-state index contributed by atoms with van der Waals surface area (Å²) in [5.74, 6) is 2.73. The van der Waals surface area contributed by atoms with E-state index in [-0.39, 0.29) is 5.75 Å². The summed E-state index contributed by atoms with van der Waals surface area (Å²) in [5.41, 5.74) is 4.32. The zero-order valence-corrected chi connectivity index (χ0v) is 23.6. The molecule has 4 rings (SSSR count). The van der Waals surface area contributed by atoms with Crippen LogP contribution >= 0.6 is 0 Å². The van der Waals surface area contributed by atoms with Crippen LogP contribution in [-0.4, -0.2) is 41.5 Å². The van der Waals surface area contributed by atoms with Crippen LogP contribution in [-0.2, 0) is 17.6 Å². The van der Waals surface area contributed by atoms with E-state index in [9.17, 15) is 4.79 Å². The summed E-state index contributed by atoms with van der Waals surface area (Å²) in [4.78, 5) is 13.2. The van der Waals surface area contributed by atoms with Gasteiger partial charge in [-0.05, 0) is 59.6 Å². The monoisotopic (exact) mass is 532 g/mol. The average molecular weight is 533 g/mol. The topological polar surface area (TPSA) is 72.5 Å². The maximum atomic E-state index is 13.2. The van der Waals surface area contributed by atoms with Crippen LogP contribution in [0.25, 0.3) is 17.2 Å². The van der Waals surface area contributed by atoms with E-state index >= 15 is 0 Å².